The minimum absolute atomic E-state index is 0.00451. The number of amides is 1. The highest BCUT2D eigenvalue weighted by Crippen LogP contribution is 2.27. The van der Waals surface area contributed by atoms with E-state index in [0.29, 0.717) is 16.3 Å². The highest BCUT2D eigenvalue weighted by atomic mass is 35.5. The van der Waals surface area contributed by atoms with Crippen LogP contribution in [-0.2, 0) is 22.7 Å². The van der Waals surface area contributed by atoms with Gasteiger partial charge in [-0.25, -0.2) is 0 Å². The minimum atomic E-state index is -0.724. The lowest BCUT2D eigenvalue weighted by Crippen LogP contribution is -2.46. The molecule has 0 aliphatic carbocycles. The van der Waals surface area contributed by atoms with Crippen LogP contribution in [0.4, 0.5) is 0 Å². The maximum absolute atomic E-state index is 12.1. The Kier molecular flexibility index (Phi) is 8.52. The van der Waals surface area contributed by atoms with Crippen molar-refractivity contribution in [3.63, 3.8) is 0 Å². The molecule has 1 aromatic carbocycles. The molecule has 0 aliphatic heterocycles. The molecule has 1 heterocycles. The Labute approximate surface area is 179 Å². The minimum Gasteiger partial charge on any atom is -0.475 e. The molecule has 0 saturated carbocycles. The highest BCUT2D eigenvalue weighted by molar-refractivity contribution is 6.30. The molecule has 2 aromatic rings. The molecule has 0 saturated heterocycles. The van der Waals surface area contributed by atoms with Crippen molar-refractivity contribution in [2.24, 2.45) is 10.2 Å². The van der Waals surface area contributed by atoms with Crippen molar-refractivity contribution in [2.45, 2.75) is 45.4 Å². The van der Waals surface area contributed by atoms with Gasteiger partial charge in [0.25, 0.3) is 0 Å². The molecule has 0 spiro atoms. The second-order valence-electron chi connectivity index (χ2n) is 7.11. The van der Waals surface area contributed by atoms with Crippen molar-refractivity contribution in [3.05, 3.63) is 40.6 Å². The number of aromatic nitrogens is 1. The number of hydrogen-bond donors (Lipinski definition) is 3. The Morgan fingerprint density at radius 2 is 2.00 bits per heavy atom. The first-order chi connectivity index (χ1) is 14.3. The topological polar surface area (TPSA) is 130 Å². The molecule has 30 heavy (non-hydrogen) atoms. The van der Waals surface area contributed by atoms with Crippen LogP contribution in [-0.4, -0.2) is 46.0 Å². The van der Waals surface area contributed by atoms with Crippen LogP contribution in [0.25, 0.3) is 11.3 Å². The number of rotatable bonds is 10. The van der Waals surface area contributed by atoms with E-state index < -0.39 is 5.54 Å². The van der Waals surface area contributed by atoms with Crippen molar-refractivity contribution < 1.29 is 24.3 Å². The lowest BCUT2D eigenvalue weighted by atomic mass is 10.1. The number of benzene rings is 1. The van der Waals surface area contributed by atoms with E-state index in [2.05, 4.69) is 27.4 Å². The zero-order valence-electron chi connectivity index (χ0n) is 16.9. The summed E-state index contributed by atoms with van der Waals surface area (Å²) in [5.41, 5.74) is 1.07. The standard InChI is InChI=1S/C20H25ClN4O5/c1-20(2,12-27)23-17(28)8-9-18(24-22-3)29-11-15-16(10-26)30-25-19(15)13-4-6-14(21)7-5-13/h4-7,26-27H,3,8-12H2,1-2H3,(H,23,28)/b24-18-. The molecule has 0 fully saturated rings. The van der Waals surface area contributed by atoms with Gasteiger partial charge >= 0.3 is 0 Å². The molecule has 0 bridgehead atoms. The van der Waals surface area contributed by atoms with Gasteiger partial charge in [0.05, 0.1) is 17.7 Å². The number of nitrogens with one attached hydrogen (secondary N) is 1. The Morgan fingerprint density at radius 1 is 1.30 bits per heavy atom. The number of hydrogen-bond acceptors (Lipinski definition) is 8. The average molecular weight is 437 g/mol. The Morgan fingerprint density at radius 3 is 2.60 bits per heavy atom. The molecule has 10 heteroatoms. The second kappa shape index (κ2) is 10.9. The maximum atomic E-state index is 12.1. The predicted molar refractivity (Wildman–Crippen MR) is 113 cm³/mol. The molecule has 0 atom stereocenters. The molecule has 0 radical (unpaired) electrons. The Bertz CT molecular complexity index is 893. The lowest BCUT2D eigenvalue weighted by molar-refractivity contribution is -0.123. The third-order valence-corrected chi connectivity index (χ3v) is 4.39. The number of aliphatic hydroxyl groups is 2. The summed E-state index contributed by atoms with van der Waals surface area (Å²) in [5, 5.41) is 33.4. The smallest absolute Gasteiger partial charge is 0.221 e. The third-order valence-electron chi connectivity index (χ3n) is 4.14. The molecule has 0 aliphatic rings. The van der Waals surface area contributed by atoms with Crippen LogP contribution in [0, 0.1) is 0 Å². The van der Waals surface area contributed by atoms with Crippen LogP contribution in [0.5, 0.6) is 0 Å². The van der Waals surface area contributed by atoms with Crippen LogP contribution >= 0.6 is 11.6 Å². The van der Waals surface area contributed by atoms with Crippen LogP contribution < -0.4 is 5.32 Å². The number of nitrogens with zero attached hydrogens (tertiary/aromatic N) is 3. The van der Waals surface area contributed by atoms with Gasteiger partial charge in [-0.15, -0.1) is 5.10 Å². The zero-order chi connectivity index (χ0) is 22.1. The van der Waals surface area contributed by atoms with E-state index in [-0.39, 0.29) is 50.2 Å². The van der Waals surface area contributed by atoms with Gasteiger partial charge in [0, 0.05) is 30.1 Å². The van der Waals surface area contributed by atoms with Gasteiger partial charge in [-0.05, 0) is 26.0 Å². The summed E-state index contributed by atoms with van der Waals surface area (Å²) in [6.07, 6.45) is 0.251. The highest BCUT2D eigenvalue weighted by Gasteiger charge is 2.21. The van der Waals surface area contributed by atoms with Crippen molar-refractivity contribution in [3.8, 4) is 11.3 Å². The van der Waals surface area contributed by atoms with E-state index >= 15 is 0 Å². The zero-order valence-corrected chi connectivity index (χ0v) is 17.6. The largest absolute Gasteiger partial charge is 0.475 e. The summed E-state index contributed by atoms with van der Waals surface area (Å²) in [6.45, 7) is 6.19. The van der Waals surface area contributed by atoms with Crippen molar-refractivity contribution >= 4 is 30.1 Å². The van der Waals surface area contributed by atoms with E-state index in [1.807, 2.05) is 0 Å². The Hall–Kier alpha value is -2.75. The lowest BCUT2D eigenvalue weighted by Gasteiger charge is -2.23. The van der Waals surface area contributed by atoms with Crippen molar-refractivity contribution in [1.82, 2.24) is 10.5 Å². The maximum Gasteiger partial charge on any atom is 0.221 e. The van der Waals surface area contributed by atoms with E-state index in [9.17, 15) is 15.0 Å². The molecule has 2 rings (SSSR count). The monoisotopic (exact) mass is 436 g/mol. The predicted octanol–water partition coefficient (Wildman–Crippen LogP) is 2.69. The van der Waals surface area contributed by atoms with Crippen LogP contribution in [0.15, 0.2) is 39.0 Å². The van der Waals surface area contributed by atoms with E-state index in [1.165, 1.54) is 0 Å². The fourth-order valence-electron chi connectivity index (χ4n) is 2.54. The van der Waals surface area contributed by atoms with Gasteiger partial charge in [0.1, 0.15) is 18.9 Å². The van der Waals surface area contributed by atoms with Gasteiger partial charge in [-0.2, -0.15) is 5.10 Å². The van der Waals surface area contributed by atoms with Crippen molar-refractivity contribution in [1.29, 1.82) is 0 Å². The molecular formula is C20H25ClN4O5. The van der Waals surface area contributed by atoms with Gasteiger partial charge in [-0.1, -0.05) is 28.9 Å². The quantitative estimate of drug-likeness (QED) is 0.298. The molecule has 1 amide bonds. The first kappa shape index (κ1) is 23.5. The number of aliphatic hydroxyl groups excluding tert-OH is 2. The Balaban J connectivity index is 2.08. The molecule has 1 aromatic heterocycles. The number of halogens is 1. The molecular weight excluding hydrogens is 412 g/mol. The van der Waals surface area contributed by atoms with Gasteiger partial charge < -0.3 is 24.8 Å². The summed E-state index contributed by atoms with van der Waals surface area (Å²) < 4.78 is 10.9. The number of carbonyl (C=O) groups is 1. The summed E-state index contributed by atoms with van der Waals surface area (Å²) >= 11 is 5.93. The van der Waals surface area contributed by atoms with Crippen molar-refractivity contribution in [2.75, 3.05) is 6.61 Å². The fourth-order valence-corrected chi connectivity index (χ4v) is 2.66. The fraction of sp³-hybridized carbons (Fsp3) is 0.400. The first-order valence-electron chi connectivity index (χ1n) is 9.21. The summed E-state index contributed by atoms with van der Waals surface area (Å²) in [6, 6.07) is 6.99. The van der Waals surface area contributed by atoms with Gasteiger partial charge in [0.15, 0.2) is 5.76 Å². The molecule has 9 nitrogen and oxygen atoms in total. The van der Waals surface area contributed by atoms with Crippen LogP contribution in [0.2, 0.25) is 5.02 Å². The first-order valence-corrected chi connectivity index (χ1v) is 9.59. The summed E-state index contributed by atoms with van der Waals surface area (Å²) in [5.74, 6) is 0.180. The third kappa shape index (κ3) is 6.65. The molecule has 3 N–H and O–H groups in total. The summed E-state index contributed by atoms with van der Waals surface area (Å²) in [7, 11) is 0. The van der Waals surface area contributed by atoms with E-state index in [4.69, 9.17) is 20.9 Å². The number of ether oxygens (including phenoxy) is 1. The normalized spacial score (nSPS) is 12.0. The van der Waals surface area contributed by atoms with Gasteiger partial charge in [-0.3, -0.25) is 4.79 Å². The van der Waals surface area contributed by atoms with E-state index in [1.54, 1.807) is 38.1 Å². The van der Waals surface area contributed by atoms with E-state index in [0.717, 1.165) is 5.56 Å². The number of carbonyl (C=O) groups excluding carboxylic acids is 1. The van der Waals surface area contributed by atoms with Crippen LogP contribution in [0.3, 0.4) is 0 Å². The second-order valence-corrected chi connectivity index (χ2v) is 7.55. The summed E-state index contributed by atoms with van der Waals surface area (Å²) in [4.78, 5) is 12.1. The SMILES string of the molecule is C=N/N=C(/CCC(=O)NC(C)(C)CO)OCc1c(-c2ccc(Cl)cc2)noc1CO. The van der Waals surface area contributed by atoms with Gasteiger partial charge in [0.2, 0.25) is 11.8 Å². The molecule has 0 unspecified atom stereocenters. The molecule has 162 valence electrons. The van der Waals surface area contributed by atoms with Crippen LogP contribution in [0.1, 0.15) is 38.0 Å². The average Bonchev–Trinajstić information content (AvgIpc) is 3.13.